The molecule has 0 radical (unpaired) electrons. The molecule has 0 bridgehead atoms. The van der Waals surface area contributed by atoms with Crippen LogP contribution < -0.4 is 5.32 Å². The lowest BCUT2D eigenvalue weighted by Crippen LogP contribution is -2.48. The van der Waals surface area contributed by atoms with Gasteiger partial charge in [-0.15, -0.1) is 0 Å². The standard InChI is InChI=1S/C12H18N2O2/c1-4-12(3,11(15)16)14-8-10-6-5-9(2)13-7-10/h5-7,14H,4,8H2,1-3H3,(H,15,16). The van der Waals surface area contributed by atoms with Crippen molar-refractivity contribution in [3.8, 4) is 0 Å². The number of hydrogen-bond donors (Lipinski definition) is 2. The van der Waals surface area contributed by atoms with Crippen LogP contribution in [0.1, 0.15) is 31.5 Å². The number of aryl methyl sites for hydroxylation is 1. The Balaban J connectivity index is 2.63. The summed E-state index contributed by atoms with van der Waals surface area (Å²) in [6.07, 6.45) is 2.31. The average molecular weight is 222 g/mol. The topological polar surface area (TPSA) is 62.2 Å². The van der Waals surface area contributed by atoms with Crippen molar-refractivity contribution in [1.29, 1.82) is 0 Å². The minimum atomic E-state index is -0.870. The van der Waals surface area contributed by atoms with Crippen molar-refractivity contribution < 1.29 is 9.90 Å². The Morgan fingerprint density at radius 1 is 1.56 bits per heavy atom. The third-order valence-electron chi connectivity index (χ3n) is 2.83. The Labute approximate surface area is 95.7 Å². The van der Waals surface area contributed by atoms with Crippen molar-refractivity contribution in [3.05, 3.63) is 29.6 Å². The van der Waals surface area contributed by atoms with Gasteiger partial charge in [-0.05, 0) is 31.9 Å². The van der Waals surface area contributed by atoms with Crippen LogP contribution in [0.15, 0.2) is 18.3 Å². The first-order valence-corrected chi connectivity index (χ1v) is 5.38. The lowest BCUT2D eigenvalue weighted by Gasteiger charge is -2.24. The molecule has 4 heteroatoms. The highest BCUT2D eigenvalue weighted by atomic mass is 16.4. The average Bonchev–Trinajstić information content (AvgIpc) is 2.27. The maximum atomic E-state index is 11.0. The van der Waals surface area contributed by atoms with E-state index in [4.69, 9.17) is 5.11 Å². The Morgan fingerprint density at radius 2 is 2.25 bits per heavy atom. The zero-order valence-electron chi connectivity index (χ0n) is 9.95. The quantitative estimate of drug-likeness (QED) is 0.796. The molecule has 1 rings (SSSR count). The molecule has 2 N–H and O–H groups in total. The van der Waals surface area contributed by atoms with E-state index in [0.717, 1.165) is 11.3 Å². The molecule has 0 saturated heterocycles. The molecule has 1 unspecified atom stereocenters. The van der Waals surface area contributed by atoms with Gasteiger partial charge in [-0.3, -0.25) is 15.1 Å². The first-order chi connectivity index (χ1) is 7.48. The number of carboxylic acid groups (broad SMARTS) is 1. The normalized spacial score (nSPS) is 14.4. The fourth-order valence-electron chi connectivity index (χ4n) is 1.25. The van der Waals surface area contributed by atoms with Crippen molar-refractivity contribution in [2.75, 3.05) is 0 Å². The minimum Gasteiger partial charge on any atom is -0.480 e. The molecule has 0 fully saturated rings. The van der Waals surface area contributed by atoms with Gasteiger partial charge in [0.25, 0.3) is 0 Å². The van der Waals surface area contributed by atoms with Crippen molar-refractivity contribution >= 4 is 5.97 Å². The highest BCUT2D eigenvalue weighted by Crippen LogP contribution is 2.10. The fraction of sp³-hybridized carbons (Fsp3) is 0.500. The van der Waals surface area contributed by atoms with Gasteiger partial charge in [0.2, 0.25) is 0 Å². The molecule has 1 aromatic rings. The number of carbonyl (C=O) groups is 1. The van der Waals surface area contributed by atoms with Gasteiger partial charge < -0.3 is 5.11 Å². The molecular formula is C12H18N2O2. The van der Waals surface area contributed by atoms with Crippen LogP contribution in [0.25, 0.3) is 0 Å². The largest absolute Gasteiger partial charge is 0.480 e. The highest BCUT2D eigenvalue weighted by Gasteiger charge is 2.29. The Morgan fingerprint density at radius 3 is 2.69 bits per heavy atom. The Bertz CT molecular complexity index is 362. The molecule has 0 amide bonds. The molecule has 0 aliphatic carbocycles. The molecule has 4 nitrogen and oxygen atoms in total. The number of hydrogen-bond acceptors (Lipinski definition) is 3. The highest BCUT2D eigenvalue weighted by molar-refractivity contribution is 5.78. The van der Waals surface area contributed by atoms with E-state index < -0.39 is 11.5 Å². The second kappa shape index (κ2) is 5.07. The molecule has 1 aromatic heterocycles. The van der Waals surface area contributed by atoms with E-state index in [1.165, 1.54) is 0 Å². The molecule has 0 spiro atoms. The van der Waals surface area contributed by atoms with Crippen LogP contribution in [-0.2, 0) is 11.3 Å². The predicted octanol–water partition coefficient (Wildman–Crippen LogP) is 1.73. The third-order valence-corrected chi connectivity index (χ3v) is 2.83. The zero-order chi connectivity index (χ0) is 12.2. The van der Waals surface area contributed by atoms with E-state index in [2.05, 4.69) is 10.3 Å². The van der Waals surface area contributed by atoms with Crippen molar-refractivity contribution in [1.82, 2.24) is 10.3 Å². The molecule has 88 valence electrons. The minimum absolute atomic E-state index is 0.518. The molecular weight excluding hydrogens is 204 g/mol. The zero-order valence-corrected chi connectivity index (χ0v) is 9.95. The molecule has 0 aromatic carbocycles. The molecule has 0 aliphatic heterocycles. The monoisotopic (exact) mass is 222 g/mol. The number of carboxylic acids is 1. The van der Waals surface area contributed by atoms with Gasteiger partial charge in [0.05, 0.1) is 0 Å². The molecule has 1 atom stereocenters. The first kappa shape index (κ1) is 12.6. The van der Waals surface area contributed by atoms with Crippen LogP contribution in [0.5, 0.6) is 0 Å². The van der Waals surface area contributed by atoms with E-state index in [1.807, 2.05) is 26.0 Å². The first-order valence-electron chi connectivity index (χ1n) is 5.38. The van der Waals surface area contributed by atoms with E-state index in [9.17, 15) is 4.79 Å². The maximum absolute atomic E-state index is 11.0. The summed E-state index contributed by atoms with van der Waals surface area (Å²) in [5, 5.41) is 12.1. The van der Waals surface area contributed by atoms with E-state index in [-0.39, 0.29) is 0 Å². The molecule has 0 aliphatic rings. The van der Waals surface area contributed by atoms with E-state index in [1.54, 1.807) is 13.1 Å². The number of pyridine rings is 1. The lowest BCUT2D eigenvalue weighted by atomic mass is 9.99. The predicted molar refractivity (Wildman–Crippen MR) is 62.1 cm³/mol. The summed E-state index contributed by atoms with van der Waals surface area (Å²) in [7, 11) is 0. The van der Waals surface area contributed by atoms with Crippen LogP contribution in [0.3, 0.4) is 0 Å². The fourth-order valence-corrected chi connectivity index (χ4v) is 1.25. The number of aliphatic carboxylic acids is 1. The van der Waals surface area contributed by atoms with E-state index in [0.29, 0.717) is 13.0 Å². The maximum Gasteiger partial charge on any atom is 0.323 e. The number of rotatable bonds is 5. The van der Waals surface area contributed by atoms with Crippen LogP contribution in [0.4, 0.5) is 0 Å². The van der Waals surface area contributed by atoms with Crippen molar-refractivity contribution in [3.63, 3.8) is 0 Å². The molecule has 0 saturated carbocycles. The Kier molecular flexibility index (Phi) is 4.01. The summed E-state index contributed by atoms with van der Waals surface area (Å²) in [4.78, 5) is 15.2. The second-order valence-corrected chi connectivity index (χ2v) is 4.15. The molecule has 1 heterocycles. The lowest BCUT2D eigenvalue weighted by molar-refractivity contribution is -0.144. The van der Waals surface area contributed by atoms with Crippen molar-refractivity contribution in [2.45, 2.75) is 39.3 Å². The van der Waals surface area contributed by atoms with Gasteiger partial charge in [-0.2, -0.15) is 0 Å². The number of aromatic nitrogens is 1. The van der Waals surface area contributed by atoms with Gasteiger partial charge in [-0.1, -0.05) is 13.0 Å². The summed E-state index contributed by atoms with van der Waals surface area (Å²) in [6, 6.07) is 3.87. The summed E-state index contributed by atoms with van der Waals surface area (Å²) >= 11 is 0. The SMILES string of the molecule is CCC(C)(NCc1ccc(C)nc1)C(=O)O. The third kappa shape index (κ3) is 3.03. The number of nitrogens with zero attached hydrogens (tertiary/aromatic N) is 1. The summed E-state index contributed by atoms with van der Waals surface area (Å²) < 4.78 is 0. The van der Waals surface area contributed by atoms with Gasteiger partial charge >= 0.3 is 5.97 Å². The van der Waals surface area contributed by atoms with Crippen LogP contribution in [-0.4, -0.2) is 21.6 Å². The van der Waals surface area contributed by atoms with Crippen LogP contribution >= 0.6 is 0 Å². The second-order valence-electron chi connectivity index (χ2n) is 4.15. The van der Waals surface area contributed by atoms with Gasteiger partial charge in [0.15, 0.2) is 0 Å². The van der Waals surface area contributed by atoms with Gasteiger partial charge in [0.1, 0.15) is 5.54 Å². The summed E-state index contributed by atoms with van der Waals surface area (Å²) in [5.74, 6) is -0.824. The van der Waals surface area contributed by atoms with Gasteiger partial charge in [-0.25, -0.2) is 0 Å². The van der Waals surface area contributed by atoms with E-state index >= 15 is 0 Å². The molecule has 16 heavy (non-hydrogen) atoms. The van der Waals surface area contributed by atoms with Crippen LogP contribution in [0, 0.1) is 6.92 Å². The number of nitrogens with one attached hydrogen (secondary N) is 1. The Hall–Kier alpha value is -1.42. The summed E-state index contributed by atoms with van der Waals surface area (Å²) in [6.45, 7) is 5.99. The van der Waals surface area contributed by atoms with Crippen LogP contribution in [0.2, 0.25) is 0 Å². The van der Waals surface area contributed by atoms with Crippen molar-refractivity contribution in [2.24, 2.45) is 0 Å². The van der Waals surface area contributed by atoms with Gasteiger partial charge in [0, 0.05) is 18.4 Å². The smallest absolute Gasteiger partial charge is 0.323 e. The summed E-state index contributed by atoms with van der Waals surface area (Å²) in [5.41, 5.74) is 1.08.